The molecular formula is C10H14BrNO2. The zero-order chi connectivity index (χ0) is 10.4. The molecule has 0 amide bonds. The minimum Gasteiger partial charge on any atom is -0.491 e. The van der Waals surface area contributed by atoms with E-state index in [1.54, 1.807) is 13.3 Å². The summed E-state index contributed by atoms with van der Waals surface area (Å²) >= 11 is 3.32. The predicted molar refractivity (Wildman–Crippen MR) is 58.9 cm³/mol. The second-order valence-electron chi connectivity index (χ2n) is 2.86. The second kappa shape index (κ2) is 5.86. The summed E-state index contributed by atoms with van der Waals surface area (Å²) in [6, 6.07) is 1.84. The highest BCUT2D eigenvalue weighted by atomic mass is 79.9. The number of nitrogens with zero attached hydrogens (tertiary/aromatic N) is 1. The predicted octanol–water partition coefficient (Wildman–Crippen LogP) is 3.03. The van der Waals surface area contributed by atoms with E-state index < -0.39 is 0 Å². The van der Waals surface area contributed by atoms with Crippen molar-refractivity contribution in [2.24, 2.45) is 0 Å². The molecule has 14 heavy (non-hydrogen) atoms. The average Bonchev–Trinajstić information content (AvgIpc) is 2.20. The van der Waals surface area contributed by atoms with Crippen molar-refractivity contribution in [3.63, 3.8) is 0 Å². The van der Waals surface area contributed by atoms with Crippen LogP contribution >= 0.6 is 15.9 Å². The molecule has 0 aromatic carbocycles. The lowest BCUT2D eigenvalue weighted by molar-refractivity contribution is 0.276. The third-order valence-corrected chi connectivity index (χ3v) is 2.18. The SMILES string of the molecule is CCCCOc1ncc(Br)cc1OC. The molecule has 0 saturated heterocycles. The molecule has 0 fully saturated rings. The number of methoxy groups -OCH3 is 1. The van der Waals surface area contributed by atoms with Crippen LogP contribution in [0.2, 0.25) is 0 Å². The van der Waals surface area contributed by atoms with Crippen LogP contribution in [0.1, 0.15) is 19.8 Å². The van der Waals surface area contributed by atoms with E-state index >= 15 is 0 Å². The average molecular weight is 260 g/mol. The van der Waals surface area contributed by atoms with Gasteiger partial charge in [0, 0.05) is 16.7 Å². The molecule has 0 aliphatic carbocycles. The third kappa shape index (κ3) is 3.18. The molecule has 0 atom stereocenters. The lowest BCUT2D eigenvalue weighted by atomic mass is 10.4. The minimum absolute atomic E-state index is 0.559. The van der Waals surface area contributed by atoms with Gasteiger partial charge in [-0.05, 0) is 22.4 Å². The van der Waals surface area contributed by atoms with Gasteiger partial charge in [-0.2, -0.15) is 0 Å². The number of hydrogen-bond acceptors (Lipinski definition) is 3. The molecule has 0 radical (unpaired) electrons. The summed E-state index contributed by atoms with van der Waals surface area (Å²) in [4.78, 5) is 4.13. The maximum atomic E-state index is 5.47. The van der Waals surface area contributed by atoms with Crippen LogP contribution in [-0.2, 0) is 0 Å². The molecule has 1 aromatic rings. The number of rotatable bonds is 5. The molecule has 0 aliphatic rings. The van der Waals surface area contributed by atoms with Crippen LogP contribution in [0, 0.1) is 0 Å². The second-order valence-corrected chi connectivity index (χ2v) is 3.78. The summed E-state index contributed by atoms with van der Waals surface area (Å²) in [7, 11) is 1.61. The summed E-state index contributed by atoms with van der Waals surface area (Å²) in [5, 5.41) is 0. The first-order chi connectivity index (χ1) is 6.77. The molecule has 0 N–H and O–H groups in total. The molecule has 1 aromatic heterocycles. The highest BCUT2D eigenvalue weighted by Crippen LogP contribution is 2.27. The van der Waals surface area contributed by atoms with Gasteiger partial charge in [-0.3, -0.25) is 0 Å². The highest BCUT2D eigenvalue weighted by molar-refractivity contribution is 9.10. The number of pyridine rings is 1. The summed E-state index contributed by atoms with van der Waals surface area (Å²) in [5.74, 6) is 1.22. The number of halogens is 1. The maximum Gasteiger partial charge on any atom is 0.257 e. The quantitative estimate of drug-likeness (QED) is 0.762. The molecule has 78 valence electrons. The van der Waals surface area contributed by atoms with Crippen molar-refractivity contribution in [1.82, 2.24) is 4.98 Å². The molecule has 0 saturated carbocycles. The number of unbranched alkanes of at least 4 members (excludes halogenated alkanes) is 1. The number of aromatic nitrogens is 1. The van der Waals surface area contributed by atoms with Gasteiger partial charge in [0.25, 0.3) is 5.88 Å². The molecule has 1 rings (SSSR count). The highest BCUT2D eigenvalue weighted by Gasteiger charge is 2.05. The lowest BCUT2D eigenvalue weighted by Crippen LogP contribution is -2.00. The Morgan fingerprint density at radius 1 is 1.50 bits per heavy atom. The van der Waals surface area contributed by atoms with E-state index in [0.717, 1.165) is 17.3 Å². The Morgan fingerprint density at radius 2 is 2.29 bits per heavy atom. The van der Waals surface area contributed by atoms with Crippen molar-refractivity contribution >= 4 is 15.9 Å². The fourth-order valence-corrected chi connectivity index (χ4v) is 1.29. The van der Waals surface area contributed by atoms with E-state index in [0.29, 0.717) is 18.2 Å². The van der Waals surface area contributed by atoms with Crippen molar-refractivity contribution in [2.75, 3.05) is 13.7 Å². The van der Waals surface area contributed by atoms with E-state index in [4.69, 9.17) is 9.47 Å². The number of ether oxygens (including phenoxy) is 2. The summed E-state index contributed by atoms with van der Waals surface area (Å²) in [5.41, 5.74) is 0. The van der Waals surface area contributed by atoms with Gasteiger partial charge in [0.2, 0.25) is 0 Å². The Balaban J connectivity index is 2.65. The van der Waals surface area contributed by atoms with Gasteiger partial charge in [-0.25, -0.2) is 4.98 Å². The van der Waals surface area contributed by atoms with E-state index in [2.05, 4.69) is 27.8 Å². The summed E-state index contributed by atoms with van der Waals surface area (Å²) in [6.07, 6.45) is 3.84. The monoisotopic (exact) mass is 259 g/mol. The van der Waals surface area contributed by atoms with Crippen LogP contribution in [0.5, 0.6) is 11.6 Å². The van der Waals surface area contributed by atoms with Gasteiger partial charge < -0.3 is 9.47 Å². The minimum atomic E-state index is 0.559. The molecule has 3 nitrogen and oxygen atoms in total. The molecular weight excluding hydrogens is 246 g/mol. The van der Waals surface area contributed by atoms with E-state index in [-0.39, 0.29) is 0 Å². The standard InChI is InChI=1S/C10H14BrNO2/c1-3-4-5-14-10-9(13-2)6-8(11)7-12-10/h6-7H,3-5H2,1-2H3. The third-order valence-electron chi connectivity index (χ3n) is 1.74. The summed E-state index contributed by atoms with van der Waals surface area (Å²) < 4.78 is 11.5. The topological polar surface area (TPSA) is 31.4 Å². The zero-order valence-corrected chi connectivity index (χ0v) is 10.0. The summed E-state index contributed by atoms with van der Waals surface area (Å²) in [6.45, 7) is 2.80. The molecule has 0 aliphatic heterocycles. The Morgan fingerprint density at radius 3 is 2.93 bits per heavy atom. The van der Waals surface area contributed by atoms with Crippen LogP contribution in [0.3, 0.4) is 0 Å². The van der Waals surface area contributed by atoms with Gasteiger partial charge in [0.1, 0.15) is 0 Å². The van der Waals surface area contributed by atoms with Crippen LogP contribution in [0.15, 0.2) is 16.7 Å². The molecule has 4 heteroatoms. The smallest absolute Gasteiger partial charge is 0.257 e. The van der Waals surface area contributed by atoms with Crippen molar-refractivity contribution in [3.8, 4) is 11.6 Å². The maximum absolute atomic E-state index is 5.47. The van der Waals surface area contributed by atoms with Crippen molar-refractivity contribution in [2.45, 2.75) is 19.8 Å². The van der Waals surface area contributed by atoms with Gasteiger partial charge in [-0.15, -0.1) is 0 Å². The largest absolute Gasteiger partial charge is 0.491 e. The Hall–Kier alpha value is -0.770. The van der Waals surface area contributed by atoms with E-state index in [1.807, 2.05) is 6.07 Å². The fourth-order valence-electron chi connectivity index (χ4n) is 0.976. The molecule has 1 heterocycles. The van der Waals surface area contributed by atoms with Gasteiger partial charge >= 0.3 is 0 Å². The van der Waals surface area contributed by atoms with Crippen LogP contribution in [0.25, 0.3) is 0 Å². The van der Waals surface area contributed by atoms with Gasteiger partial charge in [0.05, 0.1) is 13.7 Å². The first-order valence-electron chi connectivity index (χ1n) is 4.60. The normalized spacial score (nSPS) is 9.93. The number of hydrogen-bond donors (Lipinski definition) is 0. The van der Waals surface area contributed by atoms with Crippen LogP contribution in [-0.4, -0.2) is 18.7 Å². The molecule has 0 spiro atoms. The van der Waals surface area contributed by atoms with E-state index in [1.165, 1.54) is 0 Å². The molecule has 0 unspecified atom stereocenters. The van der Waals surface area contributed by atoms with Crippen LogP contribution in [0.4, 0.5) is 0 Å². The Bertz CT molecular complexity index is 291. The van der Waals surface area contributed by atoms with Gasteiger partial charge in [0.15, 0.2) is 5.75 Å². The van der Waals surface area contributed by atoms with E-state index in [9.17, 15) is 0 Å². The fraction of sp³-hybridized carbons (Fsp3) is 0.500. The van der Waals surface area contributed by atoms with Crippen molar-refractivity contribution in [1.29, 1.82) is 0 Å². The molecule has 0 bridgehead atoms. The zero-order valence-electron chi connectivity index (χ0n) is 8.42. The first-order valence-corrected chi connectivity index (χ1v) is 5.39. The van der Waals surface area contributed by atoms with Gasteiger partial charge in [-0.1, -0.05) is 13.3 Å². The van der Waals surface area contributed by atoms with Crippen molar-refractivity contribution in [3.05, 3.63) is 16.7 Å². The Labute approximate surface area is 92.6 Å². The Kier molecular flexibility index (Phi) is 4.73. The van der Waals surface area contributed by atoms with Crippen molar-refractivity contribution < 1.29 is 9.47 Å². The lowest BCUT2D eigenvalue weighted by Gasteiger charge is -2.08. The first kappa shape index (κ1) is 11.3. The van der Waals surface area contributed by atoms with Crippen LogP contribution < -0.4 is 9.47 Å².